The molecular weight excluding hydrogens is 863 g/mol. The molecule has 0 bridgehead atoms. The van der Waals surface area contributed by atoms with Gasteiger partial charge < -0.3 is 0 Å². The van der Waals surface area contributed by atoms with Gasteiger partial charge in [-0.3, -0.25) is 0 Å². The molecule has 0 radical (unpaired) electrons. The van der Waals surface area contributed by atoms with Crippen molar-refractivity contribution >= 4 is 52.3 Å². The van der Waals surface area contributed by atoms with E-state index in [1.807, 2.05) is 0 Å². The van der Waals surface area contributed by atoms with Gasteiger partial charge in [0.25, 0.3) is 0 Å². The molecule has 0 aromatic heterocycles. The molecule has 0 fully saturated rings. The molecule has 0 nitrogen and oxygen atoms in total. The quantitative estimate of drug-likeness (QED) is 0.140. The molecule has 4 heteroatoms. The van der Waals surface area contributed by atoms with Gasteiger partial charge in [-0.15, -0.1) is 0 Å². The SMILES string of the molecule is CC(C)C1=Cc2c(ccc(C(C)(C)C)c2-c2ccccc2)[CH]1[Zr]([Cl])([Cl])([c]1cccc2c1[SiH2]c1ccccc1-2)[CH]1C(C(C)C)=Cc2c1ccc(C(C)(C)C)c2-c1ccccc1. The molecule has 3 aliphatic rings. The van der Waals surface area contributed by atoms with Gasteiger partial charge in [0.15, 0.2) is 0 Å². The molecule has 0 amide bonds. The first kappa shape index (κ1) is 41.8. The standard InChI is InChI=1S/2C22H25.C12H9Si.2ClH.Zr/c2*1-15(2)18-13-17-11-12-20(22(3,4)5)21(19(17)14-18)16-9-7-6-8-10-16;1-3-7-11-9(5-1)10-6-2-4-8-12(10)13-11;;;/h2*6-15H,1-5H3;1-7H,13H2;2*1H;/q;;;;;+2/p-2. The van der Waals surface area contributed by atoms with Crippen LogP contribution in [-0.2, 0) is 27.2 Å². The van der Waals surface area contributed by atoms with Crippen molar-refractivity contribution in [3.63, 3.8) is 0 Å². The first-order chi connectivity index (χ1) is 28.4. The first-order valence-electron chi connectivity index (χ1n) is 22.1. The molecule has 2 unspecified atom stereocenters. The van der Waals surface area contributed by atoms with Crippen molar-refractivity contribution in [2.45, 2.75) is 87.3 Å². The summed E-state index contributed by atoms with van der Waals surface area (Å²) < 4.78 is 1.02. The van der Waals surface area contributed by atoms with Gasteiger partial charge in [-0.1, -0.05) is 0 Å². The second-order valence-corrected chi connectivity index (χ2v) is 42.9. The van der Waals surface area contributed by atoms with E-state index in [4.69, 9.17) is 0 Å². The Bertz CT molecular complexity index is 2600. The molecule has 6 aromatic rings. The summed E-state index contributed by atoms with van der Waals surface area (Å²) in [6.45, 7) is 23.5. The van der Waals surface area contributed by atoms with Gasteiger partial charge in [-0.2, -0.15) is 0 Å². The van der Waals surface area contributed by atoms with Crippen LogP contribution in [0.3, 0.4) is 0 Å². The van der Waals surface area contributed by atoms with Crippen molar-refractivity contribution in [2.75, 3.05) is 0 Å². The summed E-state index contributed by atoms with van der Waals surface area (Å²) in [5, 5.41) is 2.96. The summed E-state index contributed by atoms with van der Waals surface area (Å²) in [5.74, 6) is 0.465. The monoisotopic (exact) mass is 919 g/mol. The van der Waals surface area contributed by atoms with Crippen LogP contribution in [0.25, 0.3) is 45.5 Å². The fraction of sp³-hybridized carbons (Fsp3) is 0.286. The van der Waals surface area contributed by atoms with E-state index in [9.17, 15) is 17.0 Å². The fourth-order valence-corrected chi connectivity index (χ4v) is 39.5. The van der Waals surface area contributed by atoms with Crippen LogP contribution >= 0.6 is 17.0 Å². The van der Waals surface area contributed by atoms with Gasteiger partial charge >= 0.3 is 373 Å². The average molecular weight is 922 g/mol. The Morgan fingerprint density at radius 2 is 0.933 bits per heavy atom. The molecule has 2 aliphatic carbocycles. The second-order valence-electron chi connectivity index (χ2n) is 20.5. The maximum atomic E-state index is 9.46. The summed E-state index contributed by atoms with van der Waals surface area (Å²) in [7, 11) is 18.0. The Balaban J connectivity index is 1.43. The van der Waals surface area contributed by atoms with Gasteiger partial charge in [0.05, 0.1) is 0 Å². The third-order valence-electron chi connectivity index (χ3n) is 14.0. The predicted molar refractivity (Wildman–Crippen MR) is 263 cm³/mol. The van der Waals surface area contributed by atoms with E-state index in [1.165, 1.54) is 91.6 Å². The minimum atomic E-state index is -5.74. The maximum absolute atomic E-state index is 9.46. The third-order valence-corrected chi connectivity index (χ3v) is 36.6. The summed E-state index contributed by atoms with van der Waals surface area (Å²) in [6.07, 6.45) is 5.09. The topological polar surface area (TPSA) is 0 Å². The van der Waals surface area contributed by atoms with Crippen molar-refractivity contribution < 1.29 is 16.4 Å². The minimum absolute atomic E-state index is 0.0712. The van der Waals surface area contributed by atoms with Gasteiger partial charge in [0.1, 0.15) is 0 Å². The van der Waals surface area contributed by atoms with E-state index in [2.05, 4.69) is 209 Å². The zero-order valence-electron chi connectivity index (χ0n) is 37.1. The summed E-state index contributed by atoms with van der Waals surface area (Å²) >= 11 is -5.74. The summed E-state index contributed by atoms with van der Waals surface area (Å²) in [4.78, 5) is 0. The second kappa shape index (κ2) is 14.8. The van der Waals surface area contributed by atoms with E-state index in [1.54, 1.807) is 0 Å². The van der Waals surface area contributed by atoms with Crippen LogP contribution in [0.4, 0.5) is 0 Å². The number of hydrogen-bond donors (Lipinski definition) is 0. The molecule has 0 saturated heterocycles. The molecule has 0 spiro atoms. The van der Waals surface area contributed by atoms with Crippen LogP contribution in [0.15, 0.2) is 139 Å². The number of fused-ring (bicyclic) bond motifs is 5. The van der Waals surface area contributed by atoms with Crippen LogP contribution in [-0.4, -0.2) is 9.52 Å². The molecule has 2 atom stereocenters. The molecule has 0 N–H and O–H groups in total. The molecule has 9 rings (SSSR count). The van der Waals surface area contributed by atoms with E-state index < -0.39 is 25.9 Å². The number of halogens is 2. The Hall–Kier alpha value is -3.52. The van der Waals surface area contributed by atoms with Crippen molar-refractivity contribution in [1.29, 1.82) is 0 Å². The van der Waals surface area contributed by atoms with Crippen molar-refractivity contribution in [2.24, 2.45) is 11.8 Å². The van der Waals surface area contributed by atoms with Crippen LogP contribution in [0.2, 0.25) is 0 Å². The fourth-order valence-electron chi connectivity index (χ4n) is 11.3. The molecule has 6 aromatic carbocycles. The van der Waals surface area contributed by atoms with E-state index in [0.717, 1.165) is 0 Å². The van der Waals surface area contributed by atoms with Gasteiger partial charge in [0, 0.05) is 0 Å². The Morgan fingerprint density at radius 3 is 1.38 bits per heavy atom. The third kappa shape index (κ3) is 6.45. The molecule has 60 heavy (non-hydrogen) atoms. The normalized spacial score (nSPS) is 18.2. The molecular formula is C56H59Cl2SiZr. The number of benzene rings is 6. The predicted octanol–water partition coefficient (Wildman–Crippen LogP) is 13.9. The van der Waals surface area contributed by atoms with Crippen molar-refractivity contribution in [1.82, 2.24) is 0 Å². The number of allylic oxidation sites excluding steroid dienone is 2. The van der Waals surface area contributed by atoms with E-state index >= 15 is 0 Å². The van der Waals surface area contributed by atoms with E-state index in [0.29, 0.717) is 0 Å². The molecule has 0 saturated carbocycles. The van der Waals surface area contributed by atoms with Crippen molar-refractivity contribution in [3.05, 3.63) is 172 Å². The van der Waals surface area contributed by atoms with Gasteiger partial charge in [-0.25, -0.2) is 0 Å². The van der Waals surface area contributed by atoms with E-state index in [-0.39, 0.29) is 29.9 Å². The Labute approximate surface area is 370 Å². The van der Waals surface area contributed by atoms with Crippen LogP contribution in [0.5, 0.6) is 0 Å². The van der Waals surface area contributed by atoms with Crippen LogP contribution in [0.1, 0.15) is 110 Å². The molecule has 1 heterocycles. The average Bonchev–Trinajstić information content (AvgIpc) is 3.93. The zero-order valence-corrected chi connectivity index (χ0v) is 42.4. The van der Waals surface area contributed by atoms with Gasteiger partial charge in [-0.05, 0) is 0 Å². The zero-order chi connectivity index (χ0) is 42.5. The number of rotatable bonds is 7. The summed E-state index contributed by atoms with van der Waals surface area (Å²) in [5.41, 5.74) is 18.4. The Morgan fingerprint density at radius 1 is 0.500 bits per heavy atom. The number of hydrogen-bond acceptors (Lipinski definition) is 0. The molecule has 305 valence electrons. The first-order valence-corrected chi connectivity index (χ1v) is 33.9. The van der Waals surface area contributed by atoms with Gasteiger partial charge in [0.2, 0.25) is 0 Å². The Kier molecular flexibility index (Phi) is 10.3. The molecule has 1 aliphatic heterocycles. The van der Waals surface area contributed by atoms with Crippen LogP contribution < -0.4 is 13.6 Å². The van der Waals surface area contributed by atoms with Crippen LogP contribution in [0, 0.1) is 11.8 Å². The van der Waals surface area contributed by atoms with Crippen molar-refractivity contribution in [3.8, 4) is 33.4 Å². The summed E-state index contributed by atoms with van der Waals surface area (Å²) in [6, 6.07) is 47.9.